The molecule has 28 heavy (non-hydrogen) atoms. The van der Waals surface area contributed by atoms with Crippen LogP contribution in [0.5, 0.6) is 5.75 Å². The highest BCUT2D eigenvalue weighted by atomic mass is 19.1. The van der Waals surface area contributed by atoms with Gasteiger partial charge in [0.05, 0.1) is 12.3 Å². The van der Waals surface area contributed by atoms with Crippen LogP contribution in [0.4, 0.5) is 14.0 Å². The summed E-state index contributed by atoms with van der Waals surface area (Å²) in [7, 11) is 0. The van der Waals surface area contributed by atoms with Crippen LogP contribution in [-0.2, 0) is 10.3 Å². The van der Waals surface area contributed by atoms with Gasteiger partial charge in [-0.3, -0.25) is 10.1 Å². The van der Waals surface area contributed by atoms with E-state index in [2.05, 4.69) is 10.6 Å². The predicted molar refractivity (Wildman–Crippen MR) is 96.6 cm³/mol. The fourth-order valence-corrected chi connectivity index (χ4v) is 3.43. The highest BCUT2D eigenvalue weighted by Crippen LogP contribution is 2.43. The molecule has 0 aliphatic carbocycles. The molecule has 4 rings (SSSR count). The molecule has 142 valence electrons. The van der Waals surface area contributed by atoms with E-state index in [1.807, 2.05) is 30.3 Å². The van der Waals surface area contributed by atoms with Crippen molar-refractivity contribution < 1.29 is 23.5 Å². The molecule has 2 aliphatic rings. The number of ether oxygens (including phenoxy) is 1. The molecule has 2 aromatic carbocycles. The Bertz CT molecular complexity index is 1010. The van der Waals surface area contributed by atoms with E-state index in [1.165, 1.54) is 24.5 Å². The molecule has 7 nitrogen and oxygen atoms in total. The topological polar surface area (TPSA) is 87.7 Å². The van der Waals surface area contributed by atoms with Crippen LogP contribution in [0.1, 0.15) is 24.1 Å². The zero-order chi connectivity index (χ0) is 19.9. The van der Waals surface area contributed by atoms with Crippen LogP contribution in [0.2, 0.25) is 0 Å². The second kappa shape index (κ2) is 6.49. The number of nitrogens with zero attached hydrogens (tertiary/aromatic N) is 1. The van der Waals surface area contributed by atoms with E-state index in [9.17, 15) is 18.8 Å². The summed E-state index contributed by atoms with van der Waals surface area (Å²) in [6.45, 7) is 1.75. The number of imide groups is 2. The number of amides is 5. The molecular weight excluding hydrogens is 365 g/mol. The van der Waals surface area contributed by atoms with Gasteiger partial charge in [-0.25, -0.2) is 18.9 Å². The third kappa shape index (κ3) is 2.61. The molecule has 2 aromatic rings. The fraction of sp³-hybridized carbons (Fsp3) is 0.150. The van der Waals surface area contributed by atoms with Crippen molar-refractivity contribution in [2.45, 2.75) is 18.5 Å². The SMILES string of the molecule is C[C@@H](NC(=O)N1C(=O)NC(=O)[C@]12C=COc1ccc(F)cc12)c1ccccc1. The summed E-state index contributed by atoms with van der Waals surface area (Å²) in [5.41, 5.74) is -0.932. The Labute approximate surface area is 159 Å². The molecule has 1 spiro atoms. The maximum Gasteiger partial charge on any atom is 0.333 e. The first-order valence-corrected chi connectivity index (χ1v) is 8.59. The zero-order valence-corrected chi connectivity index (χ0v) is 14.8. The van der Waals surface area contributed by atoms with Gasteiger partial charge in [0, 0.05) is 5.56 Å². The van der Waals surface area contributed by atoms with E-state index in [0.29, 0.717) is 0 Å². The first kappa shape index (κ1) is 17.7. The summed E-state index contributed by atoms with van der Waals surface area (Å²) >= 11 is 0. The van der Waals surface area contributed by atoms with Crippen LogP contribution in [-0.4, -0.2) is 22.9 Å². The molecule has 8 heteroatoms. The van der Waals surface area contributed by atoms with Crippen LogP contribution >= 0.6 is 0 Å². The second-order valence-electron chi connectivity index (χ2n) is 6.50. The summed E-state index contributed by atoms with van der Waals surface area (Å²) in [6, 6.07) is 10.6. The lowest BCUT2D eigenvalue weighted by Crippen LogP contribution is -2.53. The third-order valence-corrected chi connectivity index (χ3v) is 4.82. The number of fused-ring (bicyclic) bond motifs is 2. The van der Waals surface area contributed by atoms with Gasteiger partial charge in [-0.15, -0.1) is 0 Å². The molecule has 2 heterocycles. The first-order chi connectivity index (χ1) is 13.4. The van der Waals surface area contributed by atoms with E-state index in [1.54, 1.807) is 6.92 Å². The molecule has 0 saturated carbocycles. The van der Waals surface area contributed by atoms with Crippen molar-refractivity contribution in [3.05, 3.63) is 77.8 Å². The lowest BCUT2D eigenvalue weighted by molar-refractivity contribution is -0.124. The standard InChI is InChI=1S/C20H16FN3O4/c1-12(13-5-3-2-4-6-13)22-18(26)24-19(27)23-17(25)20(24)9-10-28-16-8-7-14(21)11-15(16)20/h2-12H,1H3,(H,22,26)(H,23,25,27)/t12-,20-/m1/s1. The van der Waals surface area contributed by atoms with Gasteiger partial charge < -0.3 is 10.1 Å². The van der Waals surface area contributed by atoms with Gasteiger partial charge in [0.2, 0.25) is 0 Å². The maximum atomic E-state index is 13.9. The Morgan fingerprint density at radius 3 is 2.71 bits per heavy atom. The number of halogens is 1. The summed E-state index contributed by atoms with van der Waals surface area (Å²) in [5, 5.41) is 4.85. The average molecular weight is 381 g/mol. The Morgan fingerprint density at radius 1 is 1.21 bits per heavy atom. The molecule has 2 atom stereocenters. The number of hydrogen-bond donors (Lipinski definition) is 2. The van der Waals surface area contributed by atoms with Crippen molar-refractivity contribution in [1.82, 2.24) is 15.5 Å². The van der Waals surface area contributed by atoms with Crippen molar-refractivity contribution in [2.24, 2.45) is 0 Å². The van der Waals surface area contributed by atoms with Crippen molar-refractivity contribution >= 4 is 18.0 Å². The smallest absolute Gasteiger partial charge is 0.333 e. The number of hydrogen-bond acceptors (Lipinski definition) is 4. The quantitative estimate of drug-likeness (QED) is 0.783. The molecule has 0 bridgehead atoms. The van der Waals surface area contributed by atoms with Gasteiger partial charge in [0.1, 0.15) is 11.6 Å². The van der Waals surface area contributed by atoms with E-state index in [4.69, 9.17) is 4.74 Å². The first-order valence-electron chi connectivity index (χ1n) is 8.59. The van der Waals surface area contributed by atoms with Gasteiger partial charge in [-0.1, -0.05) is 30.3 Å². The third-order valence-electron chi connectivity index (χ3n) is 4.82. The molecule has 0 aromatic heterocycles. The monoisotopic (exact) mass is 381 g/mol. The molecule has 0 radical (unpaired) electrons. The van der Waals surface area contributed by atoms with Crippen LogP contribution in [0.25, 0.3) is 0 Å². The molecule has 5 amide bonds. The van der Waals surface area contributed by atoms with Crippen LogP contribution in [0.15, 0.2) is 60.9 Å². The minimum Gasteiger partial charge on any atom is -0.465 e. The maximum absolute atomic E-state index is 13.9. The normalized spacial score (nSPS) is 21.1. The number of carbonyl (C=O) groups is 3. The van der Waals surface area contributed by atoms with E-state index >= 15 is 0 Å². The molecule has 2 aliphatic heterocycles. The highest BCUT2D eigenvalue weighted by molar-refractivity contribution is 6.15. The zero-order valence-electron chi connectivity index (χ0n) is 14.8. The average Bonchev–Trinajstić information content (AvgIpc) is 2.93. The van der Waals surface area contributed by atoms with Crippen LogP contribution < -0.4 is 15.4 Å². The van der Waals surface area contributed by atoms with Crippen LogP contribution in [0, 0.1) is 5.82 Å². The van der Waals surface area contributed by atoms with Gasteiger partial charge in [0.25, 0.3) is 5.91 Å². The lowest BCUT2D eigenvalue weighted by Gasteiger charge is -2.35. The summed E-state index contributed by atoms with van der Waals surface area (Å²) in [4.78, 5) is 38.9. The van der Waals surface area contributed by atoms with Crippen molar-refractivity contribution in [3.8, 4) is 5.75 Å². The number of rotatable bonds is 2. The molecule has 1 saturated heterocycles. The molecule has 0 unspecified atom stereocenters. The minimum atomic E-state index is -1.83. The largest absolute Gasteiger partial charge is 0.465 e. The van der Waals surface area contributed by atoms with Gasteiger partial charge in [-0.2, -0.15) is 0 Å². The summed E-state index contributed by atoms with van der Waals surface area (Å²) in [5.74, 6) is -1.20. The molecule has 2 N–H and O–H groups in total. The molecule has 1 fully saturated rings. The van der Waals surface area contributed by atoms with E-state index in [-0.39, 0.29) is 11.3 Å². The number of benzene rings is 2. The van der Waals surface area contributed by atoms with Crippen molar-refractivity contribution in [3.63, 3.8) is 0 Å². The van der Waals surface area contributed by atoms with Gasteiger partial charge in [-0.05, 0) is 36.8 Å². The van der Waals surface area contributed by atoms with Crippen LogP contribution in [0.3, 0.4) is 0 Å². The van der Waals surface area contributed by atoms with Gasteiger partial charge >= 0.3 is 12.1 Å². The summed E-state index contributed by atoms with van der Waals surface area (Å²) in [6.07, 6.45) is 2.47. The Balaban J connectivity index is 1.74. The van der Waals surface area contributed by atoms with Crippen molar-refractivity contribution in [1.29, 1.82) is 0 Å². The van der Waals surface area contributed by atoms with Gasteiger partial charge in [0.15, 0.2) is 5.54 Å². The fourth-order valence-electron chi connectivity index (χ4n) is 3.43. The number of nitrogens with one attached hydrogen (secondary N) is 2. The number of urea groups is 2. The Kier molecular flexibility index (Phi) is 4.11. The van der Waals surface area contributed by atoms with E-state index in [0.717, 1.165) is 16.5 Å². The summed E-state index contributed by atoms with van der Waals surface area (Å²) < 4.78 is 19.2. The lowest BCUT2D eigenvalue weighted by atomic mass is 9.86. The van der Waals surface area contributed by atoms with Crippen molar-refractivity contribution in [2.75, 3.05) is 0 Å². The Morgan fingerprint density at radius 2 is 1.96 bits per heavy atom. The number of carbonyl (C=O) groups excluding carboxylic acids is 3. The minimum absolute atomic E-state index is 0.0702. The second-order valence-corrected chi connectivity index (χ2v) is 6.50. The molecular formula is C20H16FN3O4. The Hall–Kier alpha value is -3.68. The predicted octanol–water partition coefficient (Wildman–Crippen LogP) is 2.95. The highest BCUT2D eigenvalue weighted by Gasteiger charge is 2.58. The van der Waals surface area contributed by atoms with E-state index < -0.39 is 35.4 Å².